The van der Waals surface area contributed by atoms with Gasteiger partial charge in [0.1, 0.15) is 17.4 Å². The van der Waals surface area contributed by atoms with Crippen LogP contribution in [0, 0.1) is 5.41 Å². The zero-order valence-corrected chi connectivity index (χ0v) is 8.94. The number of imidazole rings is 1. The van der Waals surface area contributed by atoms with E-state index in [1.165, 1.54) is 5.01 Å². The van der Waals surface area contributed by atoms with E-state index in [0.29, 0.717) is 11.4 Å². The van der Waals surface area contributed by atoms with E-state index in [1.54, 1.807) is 0 Å². The van der Waals surface area contributed by atoms with Crippen LogP contribution in [0.2, 0.25) is 0 Å². The second kappa shape index (κ2) is 3.33. The summed E-state index contributed by atoms with van der Waals surface area (Å²) in [5, 5.41) is 18.7. The van der Waals surface area contributed by atoms with Gasteiger partial charge in [0.05, 0.1) is 23.2 Å². The second-order valence-electron chi connectivity index (χ2n) is 3.90. The number of nitrogens with zero attached hydrogens (tertiary/aromatic N) is 2. The molecular formula is C11H11N5O. The summed E-state index contributed by atoms with van der Waals surface area (Å²) in [7, 11) is 0. The molecule has 3 rings (SSSR count). The lowest BCUT2D eigenvalue weighted by Gasteiger charge is -2.08. The number of benzene rings is 1. The Kier molecular flexibility index (Phi) is 1.93. The van der Waals surface area contributed by atoms with Crippen molar-refractivity contribution in [1.82, 2.24) is 15.0 Å². The van der Waals surface area contributed by atoms with Crippen LogP contribution in [0.4, 0.5) is 0 Å². The Hall–Kier alpha value is -2.34. The van der Waals surface area contributed by atoms with Crippen LogP contribution in [0.5, 0.6) is 0 Å². The topological polar surface area (TPSA) is 102 Å². The summed E-state index contributed by atoms with van der Waals surface area (Å²) >= 11 is 0. The zero-order chi connectivity index (χ0) is 12.0. The molecule has 0 bridgehead atoms. The average molecular weight is 229 g/mol. The first-order chi connectivity index (χ1) is 8.16. The summed E-state index contributed by atoms with van der Waals surface area (Å²) in [4.78, 5) is 7.40. The minimum Gasteiger partial charge on any atom is -0.509 e. The minimum atomic E-state index is 0.0663. The van der Waals surface area contributed by atoms with E-state index in [1.807, 2.05) is 24.3 Å². The van der Waals surface area contributed by atoms with Crippen molar-refractivity contribution in [1.29, 1.82) is 5.41 Å². The van der Waals surface area contributed by atoms with Gasteiger partial charge in [-0.05, 0) is 12.1 Å². The van der Waals surface area contributed by atoms with E-state index < -0.39 is 0 Å². The fraction of sp³-hybridized carbons (Fsp3) is 0.0909. The number of hydrogen-bond donors (Lipinski definition) is 4. The van der Waals surface area contributed by atoms with E-state index in [-0.39, 0.29) is 18.1 Å². The van der Waals surface area contributed by atoms with Gasteiger partial charge in [-0.15, -0.1) is 0 Å². The Morgan fingerprint density at radius 2 is 2.18 bits per heavy atom. The first-order valence-corrected chi connectivity index (χ1v) is 5.15. The second-order valence-corrected chi connectivity index (χ2v) is 3.90. The number of nitrogens with one attached hydrogen (secondary N) is 2. The molecule has 1 aromatic carbocycles. The molecule has 6 nitrogen and oxygen atoms in total. The van der Waals surface area contributed by atoms with Crippen molar-refractivity contribution in [2.45, 2.75) is 0 Å². The molecule has 6 heteroatoms. The molecule has 17 heavy (non-hydrogen) atoms. The summed E-state index contributed by atoms with van der Waals surface area (Å²) in [5.74, 6) is 6.17. The third-order valence-electron chi connectivity index (χ3n) is 2.76. The van der Waals surface area contributed by atoms with Crippen LogP contribution in [0.3, 0.4) is 0 Å². The van der Waals surface area contributed by atoms with Gasteiger partial charge in [-0.3, -0.25) is 10.4 Å². The summed E-state index contributed by atoms with van der Waals surface area (Å²) in [6, 6.07) is 7.54. The molecule has 2 heterocycles. The molecule has 0 spiro atoms. The molecule has 5 N–H and O–H groups in total. The van der Waals surface area contributed by atoms with Crippen molar-refractivity contribution in [3.05, 3.63) is 35.8 Å². The van der Waals surface area contributed by atoms with Crippen LogP contribution in [0.25, 0.3) is 16.6 Å². The lowest BCUT2D eigenvalue weighted by Crippen LogP contribution is -2.33. The molecule has 0 fully saturated rings. The third kappa shape index (κ3) is 1.38. The summed E-state index contributed by atoms with van der Waals surface area (Å²) < 4.78 is 0. The molecule has 2 aromatic rings. The van der Waals surface area contributed by atoms with Gasteiger partial charge in [0, 0.05) is 0 Å². The highest BCUT2D eigenvalue weighted by Crippen LogP contribution is 2.25. The monoisotopic (exact) mass is 229 g/mol. The van der Waals surface area contributed by atoms with E-state index in [2.05, 4.69) is 9.97 Å². The van der Waals surface area contributed by atoms with Crippen molar-refractivity contribution in [2.24, 2.45) is 5.84 Å². The highest BCUT2D eigenvalue weighted by atomic mass is 16.3. The largest absolute Gasteiger partial charge is 0.509 e. The normalized spacial score (nSPS) is 16.3. The molecule has 1 aromatic heterocycles. The number of aromatic nitrogens is 2. The van der Waals surface area contributed by atoms with Crippen LogP contribution >= 0.6 is 0 Å². The maximum atomic E-state index is 9.77. The molecule has 0 aliphatic carbocycles. The Morgan fingerprint density at radius 1 is 1.41 bits per heavy atom. The summed E-state index contributed by atoms with van der Waals surface area (Å²) in [6.07, 6.45) is 0. The predicted molar refractivity (Wildman–Crippen MR) is 64.3 cm³/mol. The molecule has 1 aliphatic heterocycles. The number of hydrazine groups is 1. The first kappa shape index (κ1) is 9.86. The van der Waals surface area contributed by atoms with Crippen molar-refractivity contribution in [2.75, 3.05) is 6.54 Å². The number of amidine groups is 1. The number of aromatic amines is 1. The number of hydrogen-bond acceptors (Lipinski definition) is 4. The smallest absolute Gasteiger partial charge is 0.150 e. The number of H-pyrrole nitrogens is 1. The Bertz CT molecular complexity index is 609. The number of aliphatic hydroxyl groups excluding tert-OH is 1. The van der Waals surface area contributed by atoms with Crippen molar-refractivity contribution in [3.63, 3.8) is 0 Å². The lowest BCUT2D eigenvalue weighted by atomic mass is 10.2. The van der Waals surface area contributed by atoms with E-state index in [9.17, 15) is 5.11 Å². The Labute approximate surface area is 96.9 Å². The molecule has 0 saturated heterocycles. The van der Waals surface area contributed by atoms with Gasteiger partial charge in [0.2, 0.25) is 0 Å². The minimum absolute atomic E-state index is 0.0663. The van der Waals surface area contributed by atoms with Crippen LogP contribution in [0.15, 0.2) is 30.0 Å². The number of rotatable bonds is 1. The maximum Gasteiger partial charge on any atom is 0.150 e. The van der Waals surface area contributed by atoms with E-state index in [0.717, 1.165) is 11.0 Å². The van der Waals surface area contributed by atoms with Gasteiger partial charge in [0.25, 0.3) is 0 Å². The molecular weight excluding hydrogens is 218 g/mol. The Balaban J connectivity index is 2.16. The average Bonchev–Trinajstić information content (AvgIpc) is 2.81. The molecule has 0 atom stereocenters. The fourth-order valence-electron chi connectivity index (χ4n) is 1.92. The van der Waals surface area contributed by atoms with Gasteiger partial charge in [-0.2, -0.15) is 0 Å². The lowest BCUT2D eigenvalue weighted by molar-refractivity contribution is 0.355. The van der Waals surface area contributed by atoms with Gasteiger partial charge in [-0.1, -0.05) is 12.1 Å². The molecule has 0 radical (unpaired) electrons. The van der Waals surface area contributed by atoms with Crippen LogP contribution in [0.1, 0.15) is 5.82 Å². The number of fused-ring (bicyclic) bond motifs is 1. The van der Waals surface area contributed by atoms with Crippen LogP contribution in [-0.4, -0.2) is 32.5 Å². The number of para-hydroxylation sites is 2. The van der Waals surface area contributed by atoms with Crippen LogP contribution < -0.4 is 5.84 Å². The third-order valence-corrected chi connectivity index (χ3v) is 2.76. The molecule has 0 amide bonds. The zero-order valence-electron chi connectivity index (χ0n) is 8.94. The molecule has 86 valence electrons. The quantitative estimate of drug-likeness (QED) is 0.548. The van der Waals surface area contributed by atoms with E-state index in [4.69, 9.17) is 11.3 Å². The molecule has 1 aliphatic rings. The number of aliphatic hydroxyl groups is 1. The van der Waals surface area contributed by atoms with Gasteiger partial charge in [-0.25, -0.2) is 10.8 Å². The van der Waals surface area contributed by atoms with Gasteiger partial charge < -0.3 is 10.1 Å². The standard InChI is InChI=1S/C11H11N5O/c12-10-9(8(17)5-16(10)13)11-14-6-3-1-2-4-7(6)15-11/h1-4,12,17H,5,13H2,(H,14,15). The van der Waals surface area contributed by atoms with Crippen molar-refractivity contribution in [3.8, 4) is 0 Å². The first-order valence-electron chi connectivity index (χ1n) is 5.15. The maximum absolute atomic E-state index is 9.77. The van der Waals surface area contributed by atoms with Crippen molar-refractivity contribution >= 4 is 22.4 Å². The van der Waals surface area contributed by atoms with Gasteiger partial charge in [0.15, 0.2) is 0 Å². The van der Waals surface area contributed by atoms with E-state index >= 15 is 0 Å². The van der Waals surface area contributed by atoms with Crippen molar-refractivity contribution < 1.29 is 5.11 Å². The fourth-order valence-corrected chi connectivity index (χ4v) is 1.92. The highest BCUT2D eigenvalue weighted by molar-refractivity contribution is 6.22. The summed E-state index contributed by atoms with van der Waals surface area (Å²) in [5.41, 5.74) is 2.03. The molecule has 0 saturated carbocycles. The Morgan fingerprint density at radius 3 is 2.82 bits per heavy atom. The van der Waals surface area contributed by atoms with Gasteiger partial charge >= 0.3 is 0 Å². The number of nitrogens with two attached hydrogens (primary N) is 1. The van der Waals surface area contributed by atoms with Crippen LogP contribution in [-0.2, 0) is 0 Å². The molecule has 0 unspecified atom stereocenters. The summed E-state index contributed by atoms with van der Waals surface area (Å²) in [6.45, 7) is 0.144. The highest BCUT2D eigenvalue weighted by Gasteiger charge is 2.28. The SMILES string of the molecule is N=C1C(c2nc3ccccc3[nH]2)=C(O)CN1N. The predicted octanol–water partition coefficient (Wildman–Crippen LogP) is 0.999.